The van der Waals surface area contributed by atoms with Crippen molar-refractivity contribution >= 4 is 15.8 Å². The molecule has 0 N–H and O–H groups in total. The quantitative estimate of drug-likeness (QED) is 0.452. The van der Waals surface area contributed by atoms with E-state index in [2.05, 4.69) is 0 Å². The summed E-state index contributed by atoms with van der Waals surface area (Å²) >= 11 is 0. The first kappa shape index (κ1) is 16.9. The molecule has 1 aromatic carbocycles. The lowest BCUT2D eigenvalue weighted by atomic mass is 9.95. The van der Waals surface area contributed by atoms with Gasteiger partial charge in [0.25, 0.3) is 15.8 Å². The number of hydrogen-bond acceptors (Lipinski definition) is 6. The Balaban J connectivity index is 1.98. The van der Waals surface area contributed by atoms with Gasteiger partial charge in [0.05, 0.1) is 22.0 Å². The van der Waals surface area contributed by atoms with Gasteiger partial charge < -0.3 is 4.74 Å². The van der Waals surface area contributed by atoms with Crippen LogP contribution in [0.5, 0.6) is 0 Å². The van der Waals surface area contributed by atoms with Crippen LogP contribution in [0.15, 0.2) is 29.2 Å². The maximum Gasteiger partial charge on any atom is 0.297 e. The fourth-order valence-corrected chi connectivity index (χ4v) is 3.63. The van der Waals surface area contributed by atoms with Crippen LogP contribution in [-0.2, 0) is 19.0 Å². The standard InChI is InChI=1S/C14H19NO6S/c1-2-20-12-5-7-13(8-6-12)21-22(18,19)14-9-3-11(4-10-14)15(16)17/h3-4,9-10,12-13H,2,5-8H2,1H3/t12-,13-. The van der Waals surface area contributed by atoms with Crippen LogP contribution >= 0.6 is 0 Å². The molecular formula is C14H19NO6S. The molecule has 0 bridgehead atoms. The minimum atomic E-state index is -3.90. The van der Waals surface area contributed by atoms with Crippen LogP contribution in [0.4, 0.5) is 5.69 Å². The molecule has 0 aromatic heterocycles. The number of nitro benzene ring substituents is 1. The molecule has 22 heavy (non-hydrogen) atoms. The minimum absolute atomic E-state index is 0.0648. The van der Waals surface area contributed by atoms with Crippen molar-refractivity contribution in [1.82, 2.24) is 0 Å². The van der Waals surface area contributed by atoms with Crippen molar-refractivity contribution in [2.75, 3.05) is 6.61 Å². The first-order chi connectivity index (χ1) is 10.4. The summed E-state index contributed by atoms with van der Waals surface area (Å²) in [4.78, 5) is 9.93. The van der Waals surface area contributed by atoms with Gasteiger partial charge in [-0.05, 0) is 44.7 Å². The first-order valence-electron chi connectivity index (χ1n) is 7.21. The highest BCUT2D eigenvalue weighted by Crippen LogP contribution is 2.27. The SMILES string of the molecule is CCO[C@H]1CC[C@H](OS(=O)(=O)c2ccc([N+](=O)[O-])cc2)CC1. The van der Waals surface area contributed by atoms with Crippen molar-refractivity contribution in [1.29, 1.82) is 0 Å². The van der Waals surface area contributed by atoms with Gasteiger partial charge in [0.2, 0.25) is 0 Å². The van der Waals surface area contributed by atoms with Crippen LogP contribution in [0.2, 0.25) is 0 Å². The molecule has 0 atom stereocenters. The molecule has 7 nitrogen and oxygen atoms in total. The highest BCUT2D eigenvalue weighted by molar-refractivity contribution is 7.86. The molecule has 1 aliphatic rings. The third-order valence-electron chi connectivity index (χ3n) is 3.62. The van der Waals surface area contributed by atoms with Crippen LogP contribution in [0.25, 0.3) is 0 Å². The predicted molar refractivity (Wildman–Crippen MR) is 79.0 cm³/mol. The second-order valence-electron chi connectivity index (χ2n) is 5.16. The predicted octanol–water partition coefficient (Wildman–Crippen LogP) is 2.65. The lowest BCUT2D eigenvalue weighted by Gasteiger charge is -2.27. The molecule has 1 aliphatic carbocycles. The van der Waals surface area contributed by atoms with Crippen LogP contribution in [0.1, 0.15) is 32.6 Å². The minimum Gasteiger partial charge on any atom is -0.379 e. The lowest BCUT2D eigenvalue weighted by molar-refractivity contribution is -0.384. The molecule has 2 rings (SSSR count). The van der Waals surface area contributed by atoms with Gasteiger partial charge in [-0.3, -0.25) is 14.3 Å². The maximum absolute atomic E-state index is 12.2. The summed E-state index contributed by atoms with van der Waals surface area (Å²) in [7, 11) is -3.90. The average Bonchev–Trinajstić information content (AvgIpc) is 2.49. The molecule has 0 aliphatic heterocycles. The van der Waals surface area contributed by atoms with Gasteiger partial charge in [0.1, 0.15) is 0 Å². The fraction of sp³-hybridized carbons (Fsp3) is 0.571. The molecule has 8 heteroatoms. The second-order valence-corrected chi connectivity index (χ2v) is 6.73. The van der Waals surface area contributed by atoms with Gasteiger partial charge in [-0.15, -0.1) is 0 Å². The zero-order chi connectivity index (χ0) is 16.2. The molecular weight excluding hydrogens is 310 g/mol. The van der Waals surface area contributed by atoms with Gasteiger partial charge in [-0.2, -0.15) is 8.42 Å². The number of nitro groups is 1. The molecule has 122 valence electrons. The molecule has 0 radical (unpaired) electrons. The summed E-state index contributed by atoms with van der Waals surface area (Å²) in [6.07, 6.45) is 2.60. The summed E-state index contributed by atoms with van der Waals surface area (Å²) in [5.41, 5.74) is -0.156. The Labute approximate surface area is 129 Å². The number of benzene rings is 1. The Morgan fingerprint density at radius 1 is 1.14 bits per heavy atom. The summed E-state index contributed by atoms with van der Waals surface area (Å²) in [5, 5.41) is 10.6. The highest BCUT2D eigenvalue weighted by Gasteiger charge is 2.27. The summed E-state index contributed by atoms with van der Waals surface area (Å²) in [6.45, 7) is 2.58. The van der Waals surface area contributed by atoms with E-state index < -0.39 is 15.0 Å². The van der Waals surface area contributed by atoms with Gasteiger partial charge in [0.15, 0.2) is 0 Å². The molecule has 0 saturated heterocycles. The molecule has 1 fully saturated rings. The van der Waals surface area contributed by atoms with Crippen molar-refractivity contribution in [3.63, 3.8) is 0 Å². The van der Waals surface area contributed by atoms with E-state index in [0.29, 0.717) is 19.4 Å². The van der Waals surface area contributed by atoms with Crippen LogP contribution in [0.3, 0.4) is 0 Å². The Kier molecular flexibility index (Phi) is 5.49. The summed E-state index contributed by atoms with van der Waals surface area (Å²) in [6, 6.07) is 4.70. The highest BCUT2D eigenvalue weighted by atomic mass is 32.2. The van der Waals surface area contributed by atoms with Crippen LogP contribution in [0, 0.1) is 10.1 Å². The largest absolute Gasteiger partial charge is 0.379 e. The molecule has 1 aromatic rings. The lowest BCUT2D eigenvalue weighted by Crippen LogP contribution is -2.28. The zero-order valence-corrected chi connectivity index (χ0v) is 13.1. The monoisotopic (exact) mass is 329 g/mol. The number of rotatable bonds is 6. The third kappa shape index (κ3) is 4.25. The number of nitrogens with zero attached hydrogens (tertiary/aromatic N) is 1. The zero-order valence-electron chi connectivity index (χ0n) is 12.3. The fourth-order valence-electron chi connectivity index (χ4n) is 2.50. The number of ether oxygens (including phenoxy) is 1. The van der Waals surface area contributed by atoms with Crippen molar-refractivity contribution in [2.24, 2.45) is 0 Å². The normalized spacial score (nSPS) is 22.4. The van der Waals surface area contributed by atoms with E-state index >= 15 is 0 Å². The second kappa shape index (κ2) is 7.17. The van der Waals surface area contributed by atoms with E-state index in [1.165, 1.54) is 12.1 Å². The molecule has 0 unspecified atom stereocenters. The van der Waals surface area contributed by atoms with Crippen molar-refractivity contribution in [3.8, 4) is 0 Å². The topological polar surface area (TPSA) is 95.7 Å². The van der Waals surface area contributed by atoms with Gasteiger partial charge in [0, 0.05) is 18.7 Å². The Morgan fingerprint density at radius 2 is 1.68 bits per heavy atom. The van der Waals surface area contributed by atoms with Crippen LogP contribution in [-0.4, -0.2) is 32.2 Å². The number of hydrogen-bond donors (Lipinski definition) is 0. The van der Waals surface area contributed by atoms with E-state index in [4.69, 9.17) is 8.92 Å². The summed E-state index contributed by atoms with van der Waals surface area (Å²) < 4.78 is 35.1. The van der Waals surface area contributed by atoms with Gasteiger partial charge in [-0.1, -0.05) is 0 Å². The van der Waals surface area contributed by atoms with Crippen molar-refractivity contribution in [3.05, 3.63) is 34.4 Å². The van der Waals surface area contributed by atoms with Crippen molar-refractivity contribution in [2.45, 2.75) is 49.7 Å². The average molecular weight is 329 g/mol. The molecule has 0 spiro atoms. The van der Waals surface area contributed by atoms with Crippen molar-refractivity contribution < 1.29 is 22.3 Å². The Hall–Kier alpha value is -1.51. The van der Waals surface area contributed by atoms with E-state index in [1.54, 1.807) is 0 Å². The smallest absolute Gasteiger partial charge is 0.297 e. The van der Waals surface area contributed by atoms with Gasteiger partial charge in [-0.25, -0.2) is 0 Å². The third-order valence-corrected chi connectivity index (χ3v) is 5.00. The Bertz CT molecular complexity index is 605. The molecule has 1 saturated carbocycles. The van der Waals surface area contributed by atoms with Crippen LogP contribution < -0.4 is 0 Å². The van der Waals surface area contributed by atoms with E-state index in [0.717, 1.165) is 25.0 Å². The van der Waals surface area contributed by atoms with E-state index in [-0.39, 0.29) is 22.8 Å². The van der Waals surface area contributed by atoms with E-state index in [9.17, 15) is 18.5 Å². The van der Waals surface area contributed by atoms with E-state index in [1.807, 2.05) is 6.92 Å². The summed E-state index contributed by atoms with van der Waals surface area (Å²) in [5.74, 6) is 0. The first-order valence-corrected chi connectivity index (χ1v) is 8.62. The van der Waals surface area contributed by atoms with Gasteiger partial charge >= 0.3 is 0 Å². The molecule has 0 amide bonds. The Morgan fingerprint density at radius 3 is 2.18 bits per heavy atom. The number of non-ortho nitro benzene ring substituents is 1. The maximum atomic E-state index is 12.2. The molecule has 0 heterocycles.